The summed E-state index contributed by atoms with van der Waals surface area (Å²) in [4.78, 5) is 43.0. The standard InChI is InChI=1S/C23H33FN4O3/c1-3-4-11-25-23(31)28-16-19(7-10-21(28)18-5-8-20(24)9-6-18)22(30)27-14-12-26(13-15-27)17(2)29/h5-6,8-9,19,21H,3-4,7,10-16H2,1-2H3,(H,25,31)/t19-,21-/m1/s1. The van der Waals surface area contributed by atoms with E-state index in [0.717, 1.165) is 18.4 Å². The Balaban J connectivity index is 1.69. The maximum atomic E-state index is 13.4. The first-order valence-electron chi connectivity index (χ1n) is 11.2. The molecule has 31 heavy (non-hydrogen) atoms. The highest BCUT2D eigenvalue weighted by Gasteiger charge is 2.37. The van der Waals surface area contributed by atoms with Crippen molar-refractivity contribution in [3.8, 4) is 0 Å². The van der Waals surface area contributed by atoms with Gasteiger partial charge in [-0.25, -0.2) is 9.18 Å². The number of hydrogen-bond donors (Lipinski definition) is 1. The number of benzene rings is 1. The van der Waals surface area contributed by atoms with Gasteiger partial charge in [-0.3, -0.25) is 9.59 Å². The van der Waals surface area contributed by atoms with Crippen molar-refractivity contribution in [2.75, 3.05) is 39.3 Å². The molecule has 1 aromatic rings. The summed E-state index contributed by atoms with van der Waals surface area (Å²) in [7, 11) is 0. The molecule has 0 aliphatic carbocycles. The predicted molar refractivity (Wildman–Crippen MR) is 116 cm³/mol. The van der Waals surface area contributed by atoms with E-state index in [4.69, 9.17) is 0 Å². The Kier molecular flexibility index (Phi) is 7.87. The zero-order valence-corrected chi connectivity index (χ0v) is 18.5. The number of piperidine rings is 1. The quantitative estimate of drug-likeness (QED) is 0.728. The molecule has 2 atom stereocenters. The smallest absolute Gasteiger partial charge is 0.317 e. The van der Waals surface area contributed by atoms with Gasteiger partial charge in [-0.15, -0.1) is 0 Å². The Morgan fingerprint density at radius 3 is 2.29 bits per heavy atom. The Bertz CT molecular complexity index is 778. The number of halogens is 1. The fraction of sp³-hybridized carbons (Fsp3) is 0.609. The van der Waals surface area contributed by atoms with Crippen molar-refractivity contribution >= 4 is 17.8 Å². The van der Waals surface area contributed by atoms with E-state index in [0.29, 0.717) is 52.1 Å². The number of amides is 4. The largest absolute Gasteiger partial charge is 0.339 e. The summed E-state index contributed by atoms with van der Waals surface area (Å²) >= 11 is 0. The van der Waals surface area contributed by atoms with E-state index < -0.39 is 0 Å². The van der Waals surface area contributed by atoms with Gasteiger partial charge in [0, 0.05) is 46.2 Å². The molecular weight excluding hydrogens is 399 g/mol. The summed E-state index contributed by atoms with van der Waals surface area (Å²) in [5, 5.41) is 2.97. The van der Waals surface area contributed by atoms with E-state index in [1.807, 2.05) is 4.90 Å². The zero-order valence-electron chi connectivity index (χ0n) is 18.5. The number of carbonyl (C=O) groups is 3. The number of nitrogens with one attached hydrogen (secondary N) is 1. The topological polar surface area (TPSA) is 73.0 Å². The molecule has 8 heteroatoms. The fourth-order valence-corrected chi connectivity index (χ4v) is 4.40. The Labute approximate surface area is 183 Å². The Morgan fingerprint density at radius 2 is 1.68 bits per heavy atom. The van der Waals surface area contributed by atoms with Gasteiger partial charge in [-0.2, -0.15) is 0 Å². The molecule has 170 valence electrons. The van der Waals surface area contributed by atoms with E-state index in [2.05, 4.69) is 12.2 Å². The number of carbonyl (C=O) groups excluding carboxylic acids is 3. The van der Waals surface area contributed by atoms with Gasteiger partial charge in [0.15, 0.2) is 0 Å². The van der Waals surface area contributed by atoms with Crippen LogP contribution in [0.1, 0.15) is 51.1 Å². The second-order valence-electron chi connectivity index (χ2n) is 8.41. The highest BCUT2D eigenvalue weighted by Crippen LogP contribution is 2.34. The first-order chi connectivity index (χ1) is 14.9. The molecule has 2 saturated heterocycles. The molecule has 0 unspecified atom stereocenters. The van der Waals surface area contributed by atoms with Crippen molar-refractivity contribution in [3.05, 3.63) is 35.6 Å². The van der Waals surface area contributed by atoms with Crippen LogP contribution < -0.4 is 5.32 Å². The molecule has 3 rings (SSSR count). The third-order valence-corrected chi connectivity index (χ3v) is 6.29. The van der Waals surface area contributed by atoms with E-state index in [1.165, 1.54) is 12.1 Å². The first-order valence-corrected chi connectivity index (χ1v) is 11.2. The monoisotopic (exact) mass is 432 g/mol. The van der Waals surface area contributed by atoms with Crippen LogP contribution in [0.5, 0.6) is 0 Å². The van der Waals surface area contributed by atoms with E-state index in [1.54, 1.807) is 28.9 Å². The molecule has 2 aliphatic heterocycles. The average Bonchev–Trinajstić information content (AvgIpc) is 2.79. The van der Waals surface area contributed by atoms with Crippen LogP contribution in [0.15, 0.2) is 24.3 Å². The SMILES string of the molecule is CCCCNC(=O)N1C[C@H](C(=O)N2CCN(C(C)=O)CC2)CC[C@@H]1c1ccc(F)cc1. The molecular formula is C23H33FN4O3. The summed E-state index contributed by atoms with van der Waals surface area (Å²) in [6.07, 6.45) is 3.20. The van der Waals surface area contributed by atoms with Crippen LogP contribution in [0.3, 0.4) is 0 Å². The van der Waals surface area contributed by atoms with Crippen LogP contribution >= 0.6 is 0 Å². The second kappa shape index (κ2) is 10.6. The molecule has 0 aromatic heterocycles. The number of piperazine rings is 1. The van der Waals surface area contributed by atoms with Crippen LogP contribution in [-0.4, -0.2) is 71.8 Å². The molecule has 1 N–H and O–H groups in total. The number of nitrogens with zero attached hydrogens (tertiary/aromatic N) is 3. The maximum Gasteiger partial charge on any atom is 0.317 e. The molecule has 7 nitrogen and oxygen atoms in total. The van der Waals surface area contributed by atoms with E-state index >= 15 is 0 Å². The summed E-state index contributed by atoms with van der Waals surface area (Å²) in [6, 6.07) is 5.90. The van der Waals surface area contributed by atoms with E-state index in [9.17, 15) is 18.8 Å². The zero-order chi connectivity index (χ0) is 22.4. The van der Waals surface area contributed by atoms with Crippen LogP contribution in [0.25, 0.3) is 0 Å². The van der Waals surface area contributed by atoms with Crippen LogP contribution in [0.4, 0.5) is 9.18 Å². The summed E-state index contributed by atoms with van der Waals surface area (Å²) < 4.78 is 13.4. The minimum absolute atomic E-state index is 0.0295. The Hall–Kier alpha value is -2.64. The molecule has 2 fully saturated rings. The minimum Gasteiger partial charge on any atom is -0.339 e. The van der Waals surface area contributed by atoms with Crippen LogP contribution in [0.2, 0.25) is 0 Å². The van der Waals surface area contributed by atoms with Crippen LogP contribution in [0, 0.1) is 11.7 Å². The predicted octanol–water partition coefficient (Wildman–Crippen LogP) is 2.78. The molecule has 2 aliphatic rings. The lowest BCUT2D eigenvalue weighted by atomic mass is 9.88. The lowest BCUT2D eigenvalue weighted by Gasteiger charge is -2.42. The van der Waals surface area contributed by atoms with Gasteiger partial charge in [0.05, 0.1) is 12.0 Å². The number of hydrogen-bond acceptors (Lipinski definition) is 3. The summed E-state index contributed by atoms with van der Waals surface area (Å²) in [5.74, 6) is -0.497. The first kappa shape index (κ1) is 23.0. The normalized spacial score (nSPS) is 21.7. The van der Waals surface area contributed by atoms with Crippen molar-refractivity contribution in [1.29, 1.82) is 0 Å². The molecule has 0 saturated carbocycles. The third-order valence-electron chi connectivity index (χ3n) is 6.29. The van der Waals surface area contributed by atoms with Gasteiger partial charge >= 0.3 is 6.03 Å². The van der Waals surface area contributed by atoms with Crippen molar-refractivity contribution in [2.24, 2.45) is 5.92 Å². The van der Waals surface area contributed by atoms with Gasteiger partial charge < -0.3 is 20.0 Å². The van der Waals surface area contributed by atoms with Gasteiger partial charge in [0.25, 0.3) is 0 Å². The van der Waals surface area contributed by atoms with Crippen molar-refractivity contribution < 1.29 is 18.8 Å². The second-order valence-corrected chi connectivity index (χ2v) is 8.41. The average molecular weight is 433 g/mol. The number of likely N-dealkylation sites (tertiary alicyclic amines) is 1. The molecule has 0 radical (unpaired) electrons. The molecule has 0 bridgehead atoms. The minimum atomic E-state index is -0.309. The lowest BCUT2D eigenvalue weighted by Crippen LogP contribution is -2.55. The molecule has 2 heterocycles. The lowest BCUT2D eigenvalue weighted by molar-refractivity contribution is -0.142. The van der Waals surface area contributed by atoms with Gasteiger partial charge in [0.2, 0.25) is 11.8 Å². The van der Waals surface area contributed by atoms with Crippen LogP contribution in [-0.2, 0) is 9.59 Å². The third kappa shape index (κ3) is 5.74. The highest BCUT2D eigenvalue weighted by molar-refractivity contribution is 5.82. The number of rotatable bonds is 5. The summed E-state index contributed by atoms with van der Waals surface area (Å²) in [5.41, 5.74) is 0.882. The number of urea groups is 1. The van der Waals surface area contributed by atoms with Gasteiger partial charge in [0.1, 0.15) is 5.82 Å². The molecule has 4 amide bonds. The fourth-order valence-electron chi connectivity index (χ4n) is 4.40. The molecule has 1 aromatic carbocycles. The maximum absolute atomic E-state index is 13.4. The Morgan fingerprint density at radius 1 is 1.03 bits per heavy atom. The summed E-state index contributed by atoms with van der Waals surface area (Å²) in [6.45, 7) is 6.69. The van der Waals surface area contributed by atoms with Crippen molar-refractivity contribution in [2.45, 2.75) is 45.6 Å². The molecule has 0 spiro atoms. The van der Waals surface area contributed by atoms with Gasteiger partial charge in [-0.1, -0.05) is 25.5 Å². The van der Waals surface area contributed by atoms with Crippen molar-refractivity contribution in [1.82, 2.24) is 20.0 Å². The van der Waals surface area contributed by atoms with Crippen molar-refractivity contribution in [3.63, 3.8) is 0 Å². The highest BCUT2D eigenvalue weighted by atomic mass is 19.1. The van der Waals surface area contributed by atoms with E-state index in [-0.39, 0.29) is 35.6 Å². The van der Waals surface area contributed by atoms with Gasteiger partial charge in [-0.05, 0) is 37.0 Å². The number of unbranched alkanes of at least 4 members (excludes halogenated alkanes) is 1.